The Balaban J connectivity index is 1.68. The van der Waals surface area contributed by atoms with Gasteiger partial charge in [0.05, 0.1) is 11.1 Å². The minimum Gasteiger partial charge on any atom is -0.339 e. The van der Waals surface area contributed by atoms with Crippen LogP contribution in [0, 0.1) is 23.1 Å². The number of nitrogens with one attached hydrogen (secondary N) is 1. The number of benzene rings is 1. The smallest absolute Gasteiger partial charge is 0.259 e. The second kappa shape index (κ2) is 8.97. The Morgan fingerprint density at radius 1 is 1.12 bits per heavy atom. The minimum absolute atomic E-state index is 0.00311. The van der Waals surface area contributed by atoms with Crippen LogP contribution in [0.5, 0.6) is 0 Å². The molecule has 32 heavy (non-hydrogen) atoms. The fourth-order valence-corrected chi connectivity index (χ4v) is 6.14. The van der Waals surface area contributed by atoms with Crippen molar-refractivity contribution in [2.75, 3.05) is 18.4 Å². The van der Waals surface area contributed by atoms with Crippen molar-refractivity contribution in [1.82, 2.24) is 4.90 Å². The van der Waals surface area contributed by atoms with E-state index in [9.17, 15) is 14.0 Å². The van der Waals surface area contributed by atoms with E-state index in [4.69, 9.17) is 0 Å². The maximum absolute atomic E-state index is 14.2. The number of anilines is 1. The summed E-state index contributed by atoms with van der Waals surface area (Å²) in [5.41, 5.74) is 1.90. The number of hydrogen-bond donors (Lipinski definition) is 1. The first-order valence-corrected chi connectivity index (χ1v) is 12.5. The predicted molar refractivity (Wildman–Crippen MR) is 128 cm³/mol. The summed E-state index contributed by atoms with van der Waals surface area (Å²) >= 11 is 1.50. The number of rotatable bonds is 3. The van der Waals surface area contributed by atoms with Gasteiger partial charge in [-0.3, -0.25) is 9.59 Å². The number of halogens is 1. The van der Waals surface area contributed by atoms with Gasteiger partial charge in [-0.25, -0.2) is 4.39 Å². The van der Waals surface area contributed by atoms with Crippen LogP contribution >= 0.6 is 11.3 Å². The fourth-order valence-electron chi connectivity index (χ4n) is 4.83. The first-order valence-electron chi connectivity index (χ1n) is 11.6. The summed E-state index contributed by atoms with van der Waals surface area (Å²) in [6, 6.07) is 5.96. The van der Waals surface area contributed by atoms with Gasteiger partial charge in [-0.05, 0) is 67.1 Å². The Bertz CT molecular complexity index is 1020. The average Bonchev–Trinajstić information content (AvgIpc) is 3.10. The molecule has 172 valence electrons. The zero-order valence-electron chi connectivity index (χ0n) is 19.5. The molecule has 1 aliphatic heterocycles. The number of hydrogen-bond acceptors (Lipinski definition) is 3. The van der Waals surface area contributed by atoms with Gasteiger partial charge in [-0.2, -0.15) is 0 Å². The normalized spacial score (nSPS) is 19.5. The molecule has 0 radical (unpaired) electrons. The van der Waals surface area contributed by atoms with E-state index < -0.39 is 11.7 Å². The third-order valence-corrected chi connectivity index (χ3v) is 8.29. The molecular weight excluding hydrogens is 423 g/mol. The molecule has 0 bridgehead atoms. The summed E-state index contributed by atoms with van der Waals surface area (Å²) in [6.45, 7) is 10.5. The van der Waals surface area contributed by atoms with Crippen molar-refractivity contribution in [3.05, 3.63) is 51.7 Å². The summed E-state index contributed by atoms with van der Waals surface area (Å²) in [5, 5.41) is 3.47. The van der Waals surface area contributed by atoms with Crippen LogP contribution in [0.3, 0.4) is 0 Å². The van der Waals surface area contributed by atoms with Gasteiger partial charge in [0.15, 0.2) is 0 Å². The molecule has 0 unspecified atom stereocenters. The zero-order valence-corrected chi connectivity index (χ0v) is 20.3. The van der Waals surface area contributed by atoms with E-state index in [1.54, 1.807) is 12.1 Å². The second-order valence-corrected chi connectivity index (χ2v) is 11.5. The second-order valence-electron chi connectivity index (χ2n) is 10.4. The van der Waals surface area contributed by atoms with Crippen LogP contribution in [0.15, 0.2) is 24.3 Å². The Morgan fingerprint density at radius 2 is 1.81 bits per heavy atom. The number of piperidine rings is 1. The zero-order chi connectivity index (χ0) is 23.0. The number of thiophene rings is 1. The summed E-state index contributed by atoms with van der Waals surface area (Å²) in [6.07, 6.45) is 4.79. The van der Waals surface area contributed by atoms with Crippen LogP contribution in [0.1, 0.15) is 78.1 Å². The maximum Gasteiger partial charge on any atom is 0.259 e. The Kier molecular flexibility index (Phi) is 6.44. The maximum atomic E-state index is 14.2. The molecular formula is C26H33FN2O2S. The summed E-state index contributed by atoms with van der Waals surface area (Å²) < 4.78 is 14.2. The minimum atomic E-state index is -0.558. The topological polar surface area (TPSA) is 49.4 Å². The van der Waals surface area contributed by atoms with Crippen molar-refractivity contribution in [3.8, 4) is 0 Å². The highest BCUT2D eigenvalue weighted by molar-refractivity contribution is 7.17. The molecule has 0 saturated carbocycles. The summed E-state index contributed by atoms with van der Waals surface area (Å²) in [4.78, 5) is 29.6. The van der Waals surface area contributed by atoms with Gasteiger partial charge >= 0.3 is 0 Å². The van der Waals surface area contributed by atoms with Gasteiger partial charge < -0.3 is 10.2 Å². The third kappa shape index (κ3) is 4.61. The molecule has 1 aliphatic carbocycles. The quantitative estimate of drug-likeness (QED) is 0.601. The first kappa shape index (κ1) is 23.0. The molecule has 4 nitrogen and oxygen atoms in total. The molecule has 2 amide bonds. The Hall–Kier alpha value is -2.21. The number of carbonyl (C=O) groups is 2. The fraction of sp³-hybridized carbons (Fsp3) is 0.538. The lowest BCUT2D eigenvalue weighted by molar-refractivity contribution is 0.0697. The van der Waals surface area contributed by atoms with Crippen molar-refractivity contribution in [2.45, 2.75) is 59.8 Å². The van der Waals surface area contributed by atoms with Crippen molar-refractivity contribution in [2.24, 2.45) is 17.3 Å². The summed E-state index contributed by atoms with van der Waals surface area (Å²) in [7, 11) is 0. The van der Waals surface area contributed by atoms with Gasteiger partial charge in [0.25, 0.3) is 11.8 Å². The van der Waals surface area contributed by atoms with Crippen LogP contribution in [-0.4, -0.2) is 29.8 Å². The molecule has 2 aromatic rings. The van der Waals surface area contributed by atoms with Crippen molar-refractivity contribution >= 4 is 28.2 Å². The molecule has 4 rings (SSSR count). The average molecular weight is 457 g/mol. The summed E-state index contributed by atoms with van der Waals surface area (Å²) in [5.74, 6) is 0.102. The monoisotopic (exact) mass is 456 g/mol. The molecule has 2 aliphatic rings. The molecule has 1 atom stereocenters. The van der Waals surface area contributed by atoms with E-state index >= 15 is 0 Å². The molecule has 6 heteroatoms. The Labute approximate surface area is 194 Å². The molecule has 0 spiro atoms. The lowest BCUT2D eigenvalue weighted by atomic mass is 9.72. The number of likely N-dealkylation sites (tertiary alicyclic amines) is 1. The Morgan fingerprint density at radius 3 is 2.47 bits per heavy atom. The highest BCUT2D eigenvalue weighted by atomic mass is 32.1. The van der Waals surface area contributed by atoms with E-state index in [-0.39, 0.29) is 16.9 Å². The third-order valence-electron chi connectivity index (χ3n) is 7.12. The molecule has 1 aromatic heterocycles. The lowest BCUT2D eigenvalue weighted by Crippen LogP contribution is -2.38. The van der Waals surface area contributed by atoms with E-state index in [0.29, 0.717) is 22.4 Å². The highest BCUT2D eigenvalue weighted by Crippen LogP contribution is 2.45. The van der Waals surface area contributed by atoms with Crippen molar-refractivity contribution in [1.29, 1.82) is 0 Å². The highest BCUT2D eigenvalue weighted by Gasteiger charge is 2.35. The first-order chi connectivity index (χ1) is 15.1. The van der Waals surface area contributed by atoms with E-state index in [2.05, 4.69) is 33.0 Å². The standard InChI is InChI=1S/C26H33FN2O2S/c1-16-11-13-29(14-12-16)25(31)22-19-10-9-17(26(2,3)4)15-21(19)32-24(22)28-23(30)18-7-5-6-8-20(18)27/h5-8,16-17H,9-15H2,1-4H3,(H,28,30)/t17-/m1/s1. The van der Waals surface area contributed by atoms with E-state index in [1.807, 2.05) is 4.90 Å². The number of amides is 2. The van der Waals surface area contributed by atoms with Gasteiger partial charge in [0, 0.05) is 18.0 Å². The van der Waals surface area contributed by atoms with E-state index in [0.717, 1.165) is 50.8 Å². The van der Waals surface area contributed by atoms with Gasteiger partial charge in [0.1, 0.15) is 10.8 Å². The SMILES string of the molecule is CC1CCN(C(=O)c2c(NC(=O)c3ccccc3F)sc3c2CC[C@@H](C(C)(C)C)C3)CC1. The van der Waals surface area contributed by atoms with Gasteiger partial charge in [-0.1, -0.05) is 39.8 Å². The van der Waals surface area contributed by atoms with Crippen molar-refractivity contribution in [3.63, 3.8) is 0 Å². The van der Waals surface area contributed by atoms with Crippen molar-refractivity contribution < 1.29 is 14.0 Å². The van der Waals surface area contributed by atoms with Crippen LogP contribution in [0.4, 0.5) is 9.39 Å². The van der Waals surface area contributed by atoms with Crippen LogP contribution < -0.4 is 5.32 Å². The van der Waals surface area contributed by atoms with Gasteiger partial charge in [0.2, 0.25) is 0 Å². The van der Waals surface area contributed by atoms with Crippen LogP contribution in [0.25, 0.3) is 0 Å². The van der Waals surface area contributed by atoms with Crippen LogP contribution in [-0.2, 0) is 12.8 Å². The van der Waals surface area contributed by atoms with Gasteiger partial charge in [-0.15, -0.1) is 11.3 Å². The number of nitrogens with zero attached hydrogens (tertiary/aromatic N) is 1. The van der Waals surface area contributed by atoms with E-state index in [1.165, 1.54) is 28.3 Å². The number of fused-ring (bicyclic) bond motifs is 1. The predicted octanol–water partition coefficient (Wildman–Crippen LogP) is 6.16. The molecule has 2 heterocycles. The largest absolute Gasteiger partial charge is 0.339 e. The number of carbonyl (C=O) groups excluding carboxylic acids is 2. The lowest BCUT2D eigenvalue weighted by Gasteiger charge is -2.34. The molecule has 1 N–H and O–H groups in total. The molecule has 1 saturated heterocycles. The molecule has 1 fully saturated rings. The molecule has 1 aromatic carbocycles. The van der Waals surface area contributed by atoms with Crippen LogP contribution in [0.2, 0.25) is 0 Å².